The summed E-state index contributed by atoms with van der Waals surface area (Å²) in [5.74, 6) is 0.179. The molecule has 5 nitrogen and oxygen atoms in total. The number of rotatable bonds is 3. The monoisotopic (exact) mass is 305 g/mol. The first-order valence-electron chi connectivity index (χ1n) is 7.12. The van der Waals surface area contributed by atoms with Gasteiger partial charge >= 0.3 is 0 Å². The van der Waals surface area contributed by atoms with Crippen LogP contribution in [0.3, 0.4) is 0 Å². The van der Waals surface area contributed by atoms with Gasteiger partial charge in [-0.25, -0.2) is 8.42 Å². The molecule has 0 N–H and O–H groups in total. The number of hydrogen-bond donors (Lipinski definition) is 0. The van der Waals surface area contributed by atoms with Gasteiger partial charge in [0.1, 0.15) is 0 Å². The lowest BCUT2D eigenvalue weighted by atomic mass is 9.96. The van der Waals surface area contributed by atoms with Crippen LogP contribution in [0.25, 0.3) is 0 Å². The molecule has 1 unspecified atom stereocenters. The molecule has 1 aliphatic rings. The summed E-state index contributed by atoms with van der Waals surface area (Å²) in [7, 11) is -1.52. The summed E-state index contributed by atoms with van der Waals surface area (Å²) in [5.41, 5.74) is 0.977. The first-order chi connectivity index (χ1) is 10.1. The van der Waals surface area contributed by atoms with E-state index < -0.39 is 10.0 Å². The van der Waals surface area contributed by atoms with Gasteiger partial charge in [-0.15, -0.1) is 0 Å². The number of benzene rings is 1. The molecular weight excluding hydrogens is 286 g/mol. The lowest BCUT2D eigenvalue weighted by Crippen LogP contribution is -2.39. The second-order valence-corrected chi connectivity index (χ2v) is 7.37. The van der Waals surface area contributed by atoms with E-state index in [9.17, 15) is 8.42 Å². The number of sulfonamides is 1. The first-order valence-corrected chi connectivity index (χ1v) is 8.56. The maximum absolute atomic E-state index is 12.7. The predicted molar refractivity (Wildman–Crippen MR) is 80.4 cm³/mol. The molecule has 2 aromatic rings. The zero-order chi connectivity index (χ0) is 14.9. The van der Waals surface area contributed by atoms with E-state index in [0.717, 1.165) is 18.5 Å². The number of aryl methyl sites for hydroxylation is 1. The normalized spacial score (nSPS) is 20.5. The molecule has 21 heavy (non-hydrogen) atoms. The molecule has 112 valence electrons. The highest BCUT2D eigenvalue weighted by Gasteiger charge is 2.31. The molecule has 6 heteroatoms. The summed E-state index contributed by atoms with van der Waals surface area (Å²) in [4.78, 5) is 0.367. The molecule has 0 bridgehead atoms. The van der Waals surface area contributed by atoms with Crippen LogP contribution in [-0.4, -0.2) is 35.6 Å². The molecule has 0 radical (unpaired) electrons. The highest BCUT2D eigenvalue weighted by Crippen LogP contribution is 2.29. The number of aromatic nitrogens is 2. The van der Waals surface area contributed by atoms with E-state index in [-0.39, 0.29) is 5.92 Å². The van der Waals surface area contributed by atoms with Crippen LogP contribution in [-0.2, 0) is 17.1 Å². The van der Waals surface area contributed by atoms with Crippen LogP contribution in [0.2, 0.25) is 0 Å². The quantitative estimate of drug-likeness (QED) is 0.871. The van der Waals surface area contributed by atoms with Crippen molar-refractivity contribution in [3.05, 3.63) is 48.3 Å². The van der Waals surface area contributed by atoms with Gasteiger partial charge in [0.15, 0.2) is 0 Å². The second-order valence-electron chi connectivity index (χ2n) is 5.43. The van der Waals surface area contributed by atoms with Crippen molar-refractivity contribution in [2.24, 2.45) is 7.05 Å². The lowest BCUT2D eigenvalue weighted by molar-refractivity contribution is 0.312. The summed E-state index contributed by atoms with van der Waals surface area (Å²) in [5, 5.41) is 4.42. The maximum Gasteiger partial charge on any atom is 0.243 e. The van der Waals surface area contributed by atoms with Gasteiger partial charge in [0.2, 0.25) is 10.0 Å². The highest BCUT2D eigenvalue weighted by molar-refractivity contribution is 7.89. The smallest absolute Gasteiger partial charge is 0.243 e. The van der Waals surface area contributed by atoms with Crippen molar-refractivity contribution < 1.29 is 8.42 Å². The summed E-state index contributed by atoms with van der Waals surface area (Å²) in [6, 6.07) is 10.6. The Bertz CT molecular complexity index is 710. The maximum atomic E-state index is 12.7. The zero-order valence-corrected chi connectivity index (χ0v) is 12.8. The molecule has 2 heterocycles. The Morgan fingerprint density at radius 2 is 1.95 bits per heavy atom. The van der Waals surface area contributed by atoms with E-state index in [1.54, 1.807) is 33.3 Å². The van der Waals surface area contributed by atoms with Gasteiger partial charge in [-0.05, 0) is 31.0 Å². The number of piperidine rings is 1. The van der Waals surface area contributed by atoms with Crippen molar-refractivity contribution in [1.29, 1.82) is 0 Å². The van der Waals surface area contributed by atoms with Gasteiger partial charge in [0.25, 0.3) is 0 Å². The van der Waals surface area contributed by atoms with Crippen molar-refractivity contribution >= 4 is 10.0 Å². The van der Waals surface area contributed by atoms with Crippen molar-refractivity contribution in [1.82, 2.24) is 14.1 Å². The molecular formula is C15H19N3O2S. The fourth-order valence-corrected chi connectivity index (χ4v) is 4.34. The largest absolute Gasteiger partial charge is 0.276 e. The highest BCUT2D eigenvalue weighted by atomic mass is 32.2. The molecule has 3 rings (SSSR count). The third kappa shape index (κ3) is 2.87. The standard InChI is InChI=1S/C15H19N3O2S/c1-17-11-9-15(16-17)13-6-5-10-18(12-13)21(19,20)14-7-3-2-4-8-14/h2-4,7-9,11,13H,5-6,10,12H2,1H3. The van der Waals surface area contributed by atoms with Crippen LogP contribution in [0.5, 0.6) is 0 Å². The van der Waals surface area contributed by atoms with Crippen LogP contribution < -0.4 is 0 Å². The molecule has 1 aliphatic heterocycles. The van der Waals surface area contributed by atoms with Crippen molar-refractivity contribution in [2.75, 3.05) is 13.1 Å². The molecule has 1 aromatic heterocycles. The Labute approximate surface area is 125 Å². The van der Waals surface area contributed by atoms with Crippen LogP contribution in [0.1, 0.15) is 24.5 Å². The minimum atomic E-state index is -3.40. The summed E-state index contributed by atoms with van der Waals surface area (Å²) >= 11 is 0. The van der Waals surface area contributed by atoms with Crippen LogP contribution in [0.4, 0.5) is 0 Å². The Morgan fingerprint density at radius 1 is 1.19 bits per heavy atom. The number of nitrogens with zero attached hydrogens (tertiary/aromatic N) is 3. The average molecular weight is 305 g/mol. The fraction of sp³-hybridized carbons (Fsp3) is 0.400. The third-order valence-corrected chi connectivity index (χ3v) is 5.80. The van der Waals surface area contributed by atoms with E-state index in [4.69, 9.17) is 0 Å². The fourth-order valence-electron chi connectivity index (χ4n) is 2.79. The second kappa shape index (κ2) is 5.61. The van der Waals surface area contributed by atoms with E-state index in [1.807, 2.05) is 25.4 Å². The minimum Gasteiger partial charge on any atom is -0.276 e. The Morgan fingerprint density at radius 3 is 2.62 bits per heavy atom. The molecule has 1 aromatic carbocycles. The van der Waals surface area contributed by atoms with Crippen molar-refractivity contribution in [2.45, 2.75) is 23.7 Å². The van der Waals surface area contributed by atoms with Crippen molar-refractivity contribution in [3.63, 3.8) is 0 Å². The Balaban J connectivity index is 1.83. The Hall–Kier alpha value is -1.66. The molecule has 0 spiro atoms. The topological polar surface area (TPSA) is 55.2 Å². The van der Waals surface area contributed by atoms with Gasteiger partial charge < -0.3 is 0 Å². The number of hydrogen-bond acceptors (Lipinski definition) is 3. The molecule has 0 aliphatic carbocycles. The van der Waals surface area contributed by atoms with E-state index in [1.165, 1.54) is 0 Å². The molecule has 1 atom stereocenters. The Kier molecular flexibility index (Phi) is 3.82. The van der Waals surface area contributed by atoms with Gasteiger partial charge in [-0.2, -0.15) is 9.40 Å². The van der Waals surface area contributed by atoms with Gasteiger partial charge in [0, 0.05) is 32.3 Å². The van der Waals surface area contributed by atoms with Gasteiger partial charge in [0.05, 0.1) is 10.6 Å². The van der Waals surface area contributed by atoms with Crippen LogP contribution in [0, 0.1) is 0 Å². The molecule has 0 saturated carbocycles. The van der Waals surface area contributed by atoms with Crippen LogP contribution in [0.15, 0.2) is 47.5 Å². The SMILES string of the molecule is Cn1ccc(C2CCCN(S(=O)(=O)c3ccccc3)C2)n1. The van der Waals surface area contributed by atoms with Crippen molar-refractivity contribution in [3.8, 4) is 0 Å². The zero-order valence-electron chi connectivity index (χ0n) is 12.0. The summed E-state index contributed by atoms with van der Waals surface area (Å²) < 4.78 is 28.7. The average Bonchev–Trinajstić information content (AvgIpc) is 2.95. The first kappa shape index (κ1) is 14.3. The van der Waals surface area contributed by atoms with Gasteiger partial charge in [-0.3, -0.25) is 4.68 Å². The molecule has 0 amide bonds. The third-order valence-electron chi connectivity index (χ3n) is 3.92. The van der Waals surface area contributed by atoms with E-state index in [0.29, 0.717) is 18.0 Å². The van der Waals surface area contributed by atoms with E-state index >= 15 is 0 Å². The molecule has 1 fully saturated rings. The van der Waals surface area contributed by atoms with Gasteiger partial charge in [-0.1, -0.05) is 18.2 Å². The van der Waals surface area contributed by atoms with Crippen LogP contribution >= 0.6 is 0 Å². The minimum absolute atomic E-state index is 0.179. The lowest BCUT2D eigenvalue weighted by Gasteiger charge is -2.31. The predicted octanol–water partition coefficient (Wildman–Crippen LogP) is 1.99. The summed E-state index contributed by atoms with van der Waals surface area (Å²) in [6.07, 6.45) is 3.76. The van der Waals surface area contributed by atoms with E-state index in [2.05, 4.69) is 5.10 Å². The molecule has 1 saturated heterocycles. The summed E-state index contributed by atoms with van der Waals surface area (Å²) in [6.45, 7) is 1.09.